The summed E-state index contributed by atoms with van der Waals surface area (Å²) in [5, 5.41) is -0.00322. The molecule has 0 N–H and O–H groups in total. The van der Waals surface area contributed by atoms with Crippen LogP contribution in [0.5, 0.6) is 5.88 Å². The molecule has 0 atom stereocenters. The average Bonchev–Trinajstić information content (AvgIpc) is 2.87. The Balaban J connectivity index is 2.13. The lowest BCUT2D eigenvalue weighted by atomic mass is 10.3. The van der Waals surface area contributed by atoms with Crippen LogP contribution in [0.3, 0.4) is 0 Å². The first-order chi connectivity index (χ1) is 12.4. The van der Waals surface area contributed by atoms with E-state index in [4.69, 9.17) is 11.6 Å². The van der Waals surface area contributed by atoms with Gasteiger partial charge in [0.1, 0.15) is 16.9 Å². The number of hydrogen-bond donors (Lipinski definition) is 0. The van der Waals surface area contributed by atoms with E-state index >= 15 is 0 Å². The fourth-order valence-electron chi connectivity index (χ4n) is 2.55. The molecule has 3 rings (SSSR count). The molecule has 0 spiro atoms. The monoisotopic (exact) mass is 412 g/mol. The van der Waals surface area contributed by atoms with Crippen LogP contribution in [0, 0.1) is 6.92 Å². The highest BCUT2D eigenvalue weighted by molar-refractivity contribution is 6.33. The number of aryl methyl sites for hydroxylation is 2. The van der Waals surface area contributed by atoms with E-state index in [1.54, 1.807) is 0 Å². The molecule has 0 unspecified atom stereocenters. The third-order valence-electron chi connectivity index (χ3n) is 3.59. The zero-order chi connectivity index (χ0) is 20.0. The summed E-state index contributed by atoms with van der Waals surface area (Å²) in [5.41, 5.74) is 0.751. The van der Waals surface area contributed by atoms with Gasteiger partial charge in [-0.2, -0.15) is 31.3 Å². The number of halogens is 7. The van der Waals surface area contributed by atoms with Gasteiger partial charge in [-0.1, -0.05) is 11.6 Å². The Morgan fingerprint density at radius 2 is 1.74 bits per heavy atom. The Hall–Kier alpha value is -2.30. The lowest BCUT2D eigenvalue weighted by Gasteiger charge is -2.11. The van der Waals surface area contributed by atoms with Crippen molar-refractivity contribution in [3.8, 4) is 5.88 Å². The van der Waals surface area contributed by atoms with E-state index in [-0.39, 0.29) is 33.5 Å². The van der Waals surface area contributed by atoms with Gasteiger partial charge in [-0.05, 0) is 13.0 Å². The molecule has 0 aliphatic carbocycles. The second-order valence-corrected chi connectivity index (χ2v) is 6.07. The smallest absolute Gasteiger partial charge is 0.422 e. The molecule has 0 aliphatic rings. The maximum absolute atomic E-state index is 12.6. The van der Waals surface area contributed by atoms with Crippen LogP contribution in [0.25, 0.3) is 16.7 Å². The number of nitrogens with zero attached hydrogens (tertiary/aromatic N) is 4. The molecule has 3 aromatic heterocycles. The summed E-state index contributed by atoms with van der Waals surface area (Å²) in [4.78, 5) is 12.1. The molecule has 0 bridgehead atoms. The van der Waals surface area contributed by atoms with E-state index in [0.717, 1.165) is 0 Å². The van der Waals surface area contributed by atoms with Crippen molar-refractivity contribution in [3.63, 3.8) is 0 Å². The van der Waals surface area contributed by atoms with Crippen LogP contribution >= 0.6 is 11.6 Å². The van der Waals surface area contributed by atoms with Crippen molar-refractivity contribution < 1.29 is 31.1 Å². The predicted octanol–water partition coefficient (Wildman–Crippen LogP) is 4.68. The quantitative estimate of drug-likeness (QED) is 0.584. The lowest BCUT2D eigenvalue weighted by Crippen LogP contribution is -2.19. The van der Waals surface area contributed by atoms with Crippen molar-refractivity contribution in [2.75, 3.05) is 6.61 Å². The highest BCUT2D eigenvalue weighted by Gasteiger charge is 2.30. The van der Waals surface area contributed by atoms with Gasteiger partial charge in [0.2, 0.25) is 5.88 Å². The van der Waals surface area contributed by atoms with Crippen molar-refractivity contribution in [2.24, 2.45) is 0 Å². The van der Waals surface area contributed by atoms with Crippen LogP contribution in [0.1, 0.15) is 17.9 Å². The Labute approximate surface area is 152 Å². The SMILES string of the molecule is Cc1nc(CCC(F)(F)F)n2c1c(Cl)nc1ccc(OCC(F)(F)F)nc12. The minimum absolute atomic E-state index is 0.00322. The number of hydrogen-bond acceptors (Lipinski definition) is 4. The Kier molecular flexibility index (Phi) is 4.83. The molecular formula is C15H11ClF6N4O. The summed E-state index contributed by atoms with van der Waals surface area (Å²) in [7, 11) is 0. The average molecular weight is 413 g/mol. The maximum atomic E-state index is 12.6. The van der Waals surface area contributed by atoms with Crippen LogP contribution in [-0.4, -0.2) is 38.3 Å². The second-order valence-electron chi connectivity index (χ2n) is 5.71. The zero-order valence-corrected chi connectivity index (χ0v) is 14.4. The Morgan fingerprint density at radius 3 is 2.37 bits per heavy atom. The highest BCUT2D eigenvalue weighted by atomic mass is 35.5. The van der Waals surface area contributed by atoms with Crippen LogP contribution in [0.15, 0.2) is 12.1 Å². The van der Waals surface area contributed by atoms with Gasteiger partial charge in [-0.25, -0.2) is 9.97 Å². The number of fused-ring (bicyclic) bond motifs is 3. The molecule has 0 fully saturated rings. The predicted molar refractivity (Wildman–Crippen MR) is 84.0 cm³/mol. The fourth-order valence-corrected chi connectivity index (χ4v) is 2.86. The van der Waals surface area contributed by atoms with Crippen molar-refractivity contribution in [2.45, 2.75) is 32.1 Å². The molecule has 0 saturated heterocycles. The molecule has 0 amide bonds. The molecule has 12 heteroatoms. The maximum Gasteiger partial charge on any atom is 0.422 e. The topological polar surface area (TPSA) is 52.3 Å². The third kappa shape index (κ3) is 4.34. The number of ether oxygens (including phenoxy) is 1. The Bertz CT molecular complexity index is 998. The van der Waals surface area contributed by atoms with Gasteiger partial charge in [0.05, 0.1) is 12.1 Å². The molecule has 5 nitrogen and oxygen atoms in total. The van der Waals surface area contributed by atoms with Gasteiger partial charge in [-0.3, -0.25) is 4.40 Å². The molecular weight excluding hydrogens is 402 g/mol. The van der Waals surface area contributed by atoms with Gasteiger partial charge in [0.25, 0.3) is 0 Å². The minimum Gasteiger partial charge on any atom is -0.468 e. The Morgan fingerprint density at radius 1 is 1.04 bits per heavy atom. The largest absolute Gasteiger partial charge is 0.468 e. The molecule has 3 aromatic rings. The van der Waals surface area contributed by atoms with Crippen LogP contribution < -0.4 is 4.74 Å². The highest BCUT2D eigenvalue weighted by Crippen LogP contribution is 2.29. The third-order valence-corrected chi connectivity index (χ3v) is 3.86. The molecule has 3 heterocycles. The minimum atomic E-state index is -4.56. The van der Waals surface area contributed by atoms with E-state index in [9.17, 15) is 26.3 Å². The fraction of sp³-hybridized carbons (Fsp3) is 0.400. The first-order valence-corrected chi connectivity index (χ1v) is 7.93. The van der Waals surface area contributed by atoms with Gasteiger partial charge in [0.15, 0.2) is 17.4 Å². The van der Waals surface area contributed by atoms with E-state index in [1.807, 2.05) is 0 Å². The van der Waals surface area contributed by atoms with Gasteiger partial charge in [-0.15, -0.1) is 0 Å². The summed E-state index contributed by atoms with van der Waals surface area (Å²) in [6.45, 7) is -0.0185. The number of pyridine rings is 1. The normalized spacial score (nSPS) is 12.9. The molecule has 0 aliphatic heterocycles. The van der Waals surface area contributed by atoms with Crippen molar-refractivity contribution in [1.82, 2.24) is 19.4 Å². The van der Waals surface area contributed by atoms with E-state index in [2.05, 4.69) is 19.7 Å². The molecule has 0 aromatic carbocycles. The molecule has 0 radical (unpaired) electrons. The van der Waals surface area contributed by atoms with Gasteiger partial charge >= 0.3 is 12.4 Å². The molecule has 27 heavy (non-hydrogen) atoms. The summed E-state index contributed by atoms with van der Waals surface area (Å²) < 4.78 is 80.7. The summed E-state index contributed by atoms with van der Waals surface area (Å²) in [5.74, 6) is -0.326. The molecule has 0 saturated carbocycles. The van der Waals surface area contributed by atoms with E-state index in [1.165, 1.54) is 23.5 Å². The number of rotatable bonds is 4. The van der Waals surface area contributed by atoms with Crippen molar-refractivity contribution >= 4 is 28.3 Å². The van der Waals surface area contributed by atoms with Crippen LogP contribution in [0.4, 0.5) is 26.3 Å². The number of imidazole rings is 1. The number of alkyl halides is 6. The molecule has 146 valence electrons. The van der Waals surface area contributed by atoms with E-state index in [0.29, 0.717) is 5.69 Å². The van der Waals surface area contributed by atoms with Crippen LogP contribution in [0.2, 0.25) is 5.15 Å². The summed E-state index contributed by atoms with van der Waals surface area (Å²) in [6, 6.07) is 2.49. The first kappa shape index (κ1) is 19.5. The number of aromatic nitrogens is 4. The lowest BCUT2D eigenvalue weighted by molar-refractivity contribution is -0.154. The van der Waals surface area contributed by atoms with E-state index < -0.39 is 31.8 Å². The van der Waals surface area contributed by atoms with Gasteiger partial charge in [0, 0.05) is 12.5 Å². The summed E-state index contributed by atoms with van der Waals surface area (Å²) >= 11 is 6.10. The summed E-state index contributed by atoms with van der Waals surface area (Å²) in [6.07, 6.45) is -10.5. The van der Waals surface area contributed by atoms with Crippen molar-refractivity contribution in [1.29, 1.82) is 0 Å². The zero-order valence-electron chi connectivity index (χ0n) is 13.6. The standard InChI is InChI=1S/C15H11ClF6N4O/c1-7-11-12(16)24-8-2-3-10(27-6-15(20,21)22)25-13(8)26(11)9(23-7)4-5-14(17,18)19/h2-3H,4-6H2,1H3. The van der Waals surface area contributed by atoms with Crippen molar-refractivity contribution in [3.05, 3.63) is 28.8 Å². The first-order valence-electron chi connectivity index (χ1n) is 7.55. The second kappa shape index (κ2) is 6.70. The van der Waals surface area contributed by atoms with Crippen LogP contribution in [-0.2, 0) is 6.42 Å². The van der Waals surface area contributed by atoms with Gasteiger partial charge < -0.3 is 4.74 Å².